The van der Waals surface area contributed by atoms with Gasteiger partial charge in [0.2, 0.25) is 11.8 Å². The molecule has 4 nitrogen and oxygen atoms in total. The Morgan fingerprint density at radius 2 is 1.68 bits per heavy atom. The number of halogens is 2. The zero-order valence-electron chi connectivity index (χ0n) is 16.9. The van der Waals surface area contributed by atoms with Gasteiger partial charge in [0, 0.05) is 17.7 Å². The molecule has 1 N–H and O–H groups in total. The molecule has 3 aromatic carbocycles. The van der Waals surface area contributed by atoms with Crippen molar-refractivity contribution < 1.29 is 18.4 Å². The first-order valence-corrected chi connectivity index (χ1v) is 10.2. The molecule has 1 aliphatic heterocycles. The summed E-state index contributed by atoms with van der Waals surface area (Å²) in [5.41, 5.74) is 2.65. The number of benzene rings is 3. The SMILES string of the molecule is O=C1CN(C(=O)CCCc2ccccc2)C(c2ccc(F)cc2)c2cc(F)ccc2N1. The summed E-state index contributed by atoms with van der Waals surface area (Å²) in [5, 5.41) is 2.75. The average Bonchev–Trinajstić information content (AvgIpc) is 2.91. The monoisotopic (exact) mass is 420 g/mol. The van der Waals surface area contributed by atoms with Crippen molar-refractivity contribution in [3.05, 3.63) is 101 Å². The van der Waals surface area contributed by atoms with Gasteiger partial charge in [0.1, 0.15) is 18.2 Å². The summed E-state index contributed by atoms with van der Waals surface area (Å²) in [5.74, 6) is -1.45. The van der Waals surface area contributed by atoms with E-state index in [2.05, 4.69) is 5.32 Å². The Bertz CT molecular complexity index is 1080. The predicted octanol–water partition coefficient (Wildman–Crippen LogP) is 4.86. The van der Waals surface area contributed by atoms with Crippen LogP contribution in [0.4, 0.5) is 14.5 Å². The lowest BCUT2D eigenvalue weighted by atomic mass is 9.95. The molecule has 3 aromatic rings. The van der Waals surface area contributed by atoms with Crippen LogP contribution < -0.4 is 5.32 Å². The van der Waals surface area contributed by atoms with E-state index in [0.29, 0.717) is 23.2 Å². The van der Waals surface area contributed by atoms with Crippen molar-refractivity contribution in [2.75, 3.05) is 11.9 Å². The van der Waals surface area contributed by atoms with Crippen molar-refractivity contribution in [1.29, 1.82) is 0 Å². The molecule has 0 fully saturated rings. The van der Waals surface area contributed by atoms with Crippen molar-refractivity contribution in [2.24, 2.45) is 0 Å². The fraction of sp³-hybridized carbons (Fsp3) is 0.200. The van der Waals surface area contributed by atoms with Gasteiger partial charge in [0.15, 0.2) is 0 Å². The van der Waals surface area contributed by atoms with Crippen LogP contribution in [0.1, 0.15) is 35.6 Å². The summed E-state index contributed by atoms with van der Waals surface area (Å²) in [4.78, 5) is 27.2. The third-order valence-corrected chi connectivity index (χ3v) is 5.41. The first-order valence-electron chi connectivity index (χ1n) is 10.2. The second-order valence-corrected chi connectivity index (χ2v) is 7.59. The zero-order valence-corrected chi connectivity index (χ0v) is 16.9. The van der Waals surface area contributed by atoms with Crippen LogP contribution >= 0.6 is 0 Å². The minimum atomic E-state index is -0.700. The summed E-state index contributed by atoms with van der Waals surface area (Å²) in [6.07, 6.45) is 1.59. The fourth-order valence-electron chi connectivity index (χ4n) is 3.95. The molecule has 1 heterocycles. The molecule has 1 atom stereocenters. The predicted molar refractivity (Wildman–Crippen MR) is 114 cm³/mol. The van der Waals surface area contributed by atoms with Crippen molar-refractivity contribution >= 4 is 17.5 Å². The quantitative estimate of drug-likeness (QED) is 0.641. The molecular weight excluding hydrogens is 398 g/mol. The van der Waals surface area contributed by atoms with Gasteiger partial charge >= 0.3 is 0 Å². The van der Waals surface area contributed by atoms with Crippen LogP contribution in [-0.4, -0.2) is 23.3 Å². The summed E-state index contributed by atoms with van der Waals surface area (Å²) in [6.45, 7) is -0.164. The highest BCUT2D eigenvalue weighted by molar-refractivity contribution is 5.97. The van der Waals surface area contributed by atoms with Crippen molar-refractivity contribution in [2.45, 2.75) is 25.3 Å². The Morgan fingerprint density at radius 3 is 2.42 bits per heavy atom. The van der Waals surface area contributed by atoms with Crippen LogP contribution in [0.2, 0.25) is 0 Å². The molecule has 0 saturated carbocycles. The summed E-state index contributed by atoms with van der Waals surface area (Å²) < 4.78 is 27.7. The second-order valence-electron chi connectivity index (χ2n) is 7.59. The molecule has 1 aliphatic rings. The first kappa shape index (κ1) is 20.7. The highest BCUT2D eigenvalue weighted by Crippen LogP contribution is 2.36. The molecule has 4 rings (SSSR count). The van der Waals surface area contributed by atoms with Gasteiger partial charge in [-0.1, -0.05) is 42.5 Å². The van der Waals surface area contributed by atoms with E-state index in [9.17, 15) is 18.4 Å². The zero-order chi connectivity index (χ0) is 21.8. The standard InChI is InChI=1S/C25H22F2N2O2/c26-19-11-9-18(10-12-19)25-21-15-20(27)13-14-22(21)28-23(30)16-29(25)24(31)8-4-7-17-5-2-1-3-6-17/h1-3,5-6,9-15,25H,4,7-8,16H2,(H,28,30). The normalized spacial score (nSPS) is 15.7. The molecular formula is C25H22F2N2O2. The van der Waals surface area contributed by atoms with E-state index in [1.54, 1.807) is 12.1 Å². The van der Waals surface area contributed by atoms with E-state index >= 15 is 0 Å². The molecule has 6 heteroatoms. The fourth-order valence-corrected chi connectivity index (χ4v) is 3.95. The number of nitrogens with one attached hydrogen (secondary N) is 1. The third kappa shape index (κ3) is 4.79. The number of amides is 2. The van der Waals surface area contributed by atoms with Gasteiger partial charge in [-0.25, -0.2) is 8.78 Å². The van der Waals surface area contributed by atoms with E-state index in [1.807, 2.05) is 30.3 Å². The molecule has 0 aromatic heterocycles. The van der Waals surface area contributed by atoms with Gasteiger partial charge in [0.05, 0.1) is 6.04 Å². The lowest BCUT2D eigenvalue weighted by molar-refractivity contribution is -0.136. The van der Waals surface area contributed by atoms with Crippen LogP contribution in [0, 0.1) is 11.6 Å². The summed E-state index contributed by atoms with van der Waals surface area (Å²) >= 11 is 0. The molecule has 158 valence electrons. The van der Waals surface area contributed by atoms with Crippen LogP contribution in [-0.2, 0) is 16.0 Å². The Labute approximate surface area is 179 Å². The van der Waals surface area contributed by atoms with E-state index in [0.717, 1.165) is 12.0 Å². The molecule has 1 unspecified atom stereocenters. The molecule has 2 amide bonds. The Balaban J connectivity index is 1.65. The molecule has 0 spiro atoms. The smallest absolute Gasteiger partial charge is 0.244 e. The topological polar surface area (TPSA) is 49.4 Å². The number of hydrogen-bond acceptors (Lipinski definition) is 2. The van der Waals surface area contributed by atoms with Crippen LogP contribution in [0.15, 0.2) is 72.8 Å². The number of fused-ring (bicyclic) bond motifs is 1. The minimum Gasteiger partial charge on any atom is -0.324 e. The number of hydrogen-bond donors (Lipinski definition) is 1. The van der Waals surface area contributed by atoms with Crippen molar-refractivity contribution in [3.63, 3.8) is 0 Å². The largest absolute Gasteiger partial charge is 0.324 e. The average molecular weight is 420 g/mol. The van der Waals surface area contributed by atoms with Gasteiger partial charge in [-0.2, -0.15) is 0 Å². The van der Waals surface area contributed by atoms with Crippen molar-refractivity contribution in [3.8, 4) is 0 Å². The maximum atomic E-state index is 14.1. The number of anilines is 1. The number of nitrogens with zero attached hydrogens (tertiary/aromatic N) is 1. The highest BCUT2D eigenvalue weighted by Gasteiger charge is 2.33. The number of aryl methyl sites for hydroxylation is 1. The molecule has 0 aliphatic carbocycles. The second kappa shape index (κ2) is 9.08. The van der Waals surface area contributed by atoms with Gasteiger partial charge in [-0.15, -0.1) is 0 Å². The van der Waals surface area contributed by atoms with Gasteiger partial charge in [-0.05, 0) is 54.3 Å². The maximum Gasteiger partial charge on any atom is 0.244 e. The lowest BCUT2D eigenvalue weighted by Gasteiger charge is -2.30. The van der Waals surface area contributed by atoms with E-state index in [-0.39, 0.29) is 24.8 Å². The van der Waals surface area contributed by atoms with Crippen LogP contribution in [0.5, 0.6) is 0 Å². The number of rotatable bonds is 5. The lowest BCUT2D eigenvalue weighted by Crippen LogP contribution is -2.38. The first-order chi connectivity index (χ1) is 15.0. The summed E-state index contributed by atoms with van der Waals surface area (Å²) in [6, 6.07) is 18.9. The van der Waals surface area contributed by atoms with Crippen LogP contribution in [0.25, 0.3) is 0 Å². The molecule has 0 saturated heterocycles. The van der Waals surface area contributed by atoms with E-state index in [4.69, 9.17) is 0 Å². The number of carbonyl (C=O) groups is 2. The van der Waals surface area contributed by atoms with E-state index < -0.39 is 17.7 Å². The number of carbonyl (C=O) groups excluding carboxylic acids is 2. The Hall–Kier alpha value is -3.54. The molecule has 0 bridgehead atoms. The third-order valence-electron chi connectivity index (χ3n) is 5.41. The molecule has 31 heavy (non-hydrogen) atoms. The van der Waals surface area contributed by atoms with Gasteiger partial charge < -0.3 is 10.2 Å². The van der Waals surface area contributed by atoms with Crippen molar-refractivity contribution in [1.82, 2.24) is 4.90 Å². The minimum absolute atomic E-state index is 0.164. The van der Waals surface area contributed by atoms with Crippen LogP contribution in [0.3, 0.4) is 0 Å². The summed E-state index contributed by atoms with van der Waals surface area (Å²) in [7, 11) is 0. The Kier molecular flexibility index (Phi) is 6.07. The van der Waals surface area contributed by atoms with E-state index in [1.165, 1.54) is 35.2 Å². The van der Waals surface area contributed by atoms with Gasteiger partial charge in [0.25, 0.3) is 0 Å². The highest BCUT2D eigenvalue weighted by atomic mass is 19.1. The van der Waals surface area contributed by atoms with Gasteiger partial charge in [-0.3, -0.25) is 9.59 Å². The molecule has 0 radical (unpaired) electrons. The maximum absolute atomic E-state index is 14.1. The Morgan fingerprint density at radius 1 is 0.968 bits per heavy atom.